The number of benzene rings is 1. The Balaban J connectivity index is 1.85. The Morgan fingerprint density at radius 2 is 1.65 bits per heavy atom. The van der Waals surface area contributed by atoms with E-state index in [1.807, 2.05) is 20.8 Å². The zero-order chi connectivity index (χ0) is 19.3. The third-order valence-corrected chi connectivity index (χ3v) is 4.16. The first kappa shape index (κ1) is 19.8. The van der Waals surface area contributed by atoms with Crippen LogP contribution in [0.1, 0.15) is 44.0 Å². The number of likely N-dealkylation sites (tertiary alicyclic amines) is 1. The monoisotopic (exact) mass is 361 g/mol. The minimum Gasteiger partial charge on any atom is -0.444 e. The molecule has 1 heterocycles. The van der Waals surface area contributed by atoms with Gasteiger partial charge in [0.15, 0.2) is 0 Å². The van der Waals surface area contributed by atoms with Crippen LogP contribution in [0.25, 0.3) is 0 Å². The second-order valence-electron chi connectivity index (χ2n) is 7.39. The molecule has 1 aliphatic rings. The quantitative estimate of drug-likeness (QED) is 0.866. The van der Waals surface area contributed by atoms with Gasteiger partial charge in [0.2, 0.25) is 5.91 Å². The second-order valence-corrected chi connectivity index (χ2v) is 7.39. The SMILES string of the molecule is CNC(=O)c1ccc(NC(=O)C2CCN(C(=O)OC(C)(C)C)CC2)cc1. The summed E-state index contributed by atoms with van der Waals surface area (Å²) in [5.74, 6) is -0.383. The Morgan fingerprint density at radius 3 is 2.15 bits per heavy atom. The summed E-state index contributed by atoms with van der Waals surface area (Å²) in [4.78, 5) is 37.7. The molecule has 0 saturated carbocycles. The van der Waals surface area contributed by atoms with Crippen LogP contribution in [0.5, 0.6) is 0 Å². The van der Waals surface area contributed by atoms with Crippen LogP contribution in [-0.4, -0.2) is 48.5 Å². The number of anilines is 1. The lowest BCUT2D eigenvalue weighted by Gasteiger charge is -2.32. The van der Waals surface area contributed by atoms with Gasteiger partial charge in [0.05, 0.1) is 0 Å². The molecule has 3 amide bonds. The molecule has 142 valence electrons. The summed E-state index contributed by atoms with van der Waals surface area (Å²) in [6.07, 6.45) is 0.865. The van der Waals surface area contributed by atoms with Gasteiger partial charge >= 0.3 is 6.09 Å². The van der Waals surface area contributed by atoms with E-state index in [-0.39, 0.29) is 23.8 Å². The molecule has 0 unspecified atom stereocenters. The molecular formula is C19H27N3O4. The normalized spacial score (nSPS) is 15.3. The van der Waals surface area contributed by atoms with E-state index in [9.17, 15) is 14.4 Å². The van der Waals surface area contributed by atoms with Crippen LogP contribution in [0, 0.1) is 5.92 Å². The molecule has 1 saturated heterocycles. The van der Waals surface area contributed by atoms with Crippen molar-refractivity contribution in [3.8, 4) is 0 Å². The minimum atomic E-state index is -0.522. The predicted octanol–water partition coefficient (Wildman–Crippen LogP) is 2.63. The van der Waals surface area contributed by atoms with Crippen LogP contribution in [-0.2, 0) is 9.53 Å². The molecule has 0 radical (unpaired) electrons. The molecular weight excluding hydrogens is 334 g/mol. The highest BCUT2D eigenvalue weighted by Crippen LogP contribution is 2.21. The van der Waals surface area contributed by atoms with Gasteiger partial charge in [0.25, 0.3) is 5.91 Å². The fourth-order valence-electron chi connectivity index (χ4n) is 2.74. The van der Waals surface area contributed by atoms with Gasteiger partial charge in [-0.25, -0.2) is 4.79 Å². The number of ether oxygens (including phenoxy) is 1. The summed E-state index contributed by atoms with van der Waals surface area (Å²) in [6, 6.07) is 6.75. The lowest BCUT2D eigenvalue weighted by molar-refractivity contribution is -0.121. The van der Waals surface area contributed by atoms with Gasteiger partial charge in [-0.2, -0.15) is 0 Å². The molecule has 7 heteroatoms. The van der Waals surface area contributed by atoms with E-state index in [0.29, 0.717) is 37.2 Å². The Labute approximate surface area is 154 Å². The molecule has 1 aromatic rings. The van der Waals surface area contributed by atoms with Gasteiger partial charge < -0.3 is 20.3 Å². The summed E-state index contributed by atoms with van der Waals surface area (Å²) >= 11 is 0. The Kier molecular flexibility index (Phi) is 6.23. The first-order chi connectivity index (χ1) is 12.2. The van der Waals surface area contributed by atoms with E-state index < -0.39 is 5.60 Å². The molecule has 0 aromatic heterocycles. The van der Waals surface area contributed by atoms with Crippen molar-refractivity contribution in [3.05, 3.63) is 29.8 Å². The van der Waals surface area contributed by atoms with Crippen LogP contribution >= 0.6 is 0 Å². The summed E-state index contributed by atoms with van der Waals surface area (Å²) in [5, 5.41) is 5.42. The molecule has 26 heavy (non-hydrogen) atoms. The average Bonchev–Trinajstić information content (AvgIpc) is 2.60. The van der Waals surface area contributed by atoms with Crippen LogP contribution < -0.4 is 10.6 Å². The molecule has 1 fully saturated rings. The molecule has 2 rings (SSSR count). The fourth-order valence-corrected chi connectivity index (χ4v) is 2.74. The molecule has 2 N–H and O–H groups in total. The van der Waals surface area contributed by atoms with Gasteiger partial charge in [-0.05, 0) is 57.9 Å². The largest absolute Gasteiger partial charge is 0.444 e. The third-order valence-electron chi connectivity index (χ3n) is 4.16. The number of nitrogens with one attached hydrogen (secondary N) is 2. The number of rotatable bonds is 3. The van der Waals surface area contributed by atoms with E-state index >= 15 is 0 Å². The van der Waals surface area contributed by atoms with E-state index in [1.165, 1.54) is 0 Å². The molecule has 1 aromatic carbocycles. The smallest absolute Gasteiger partial charge is 0.410 e. The van der Waals surface area contributed by atoms with E-state index in [0.717, 1.165) is 0 Å². The van der Waals surface area contributed by atoms with Crippen LogP contribution in [0.3, 0.4) is 0 Å². The number of hydrogen-bond acceptors (Lipinski definition) is 4. The number of carbonyl (C=O) groups excluding carboxylic acids is 3. The van der Waals surface area contributed by atoms with Crippen LogP contribution in [0.4, 0.5) is 10.5 Å². The van der Waals surface area contributed by atoms with Crippen LogP contribution in [0.15, 0.2) is 24.3 Å². The third kappa shape index (κ3) is 5.47. The fraction of sp³-hybridized carbons (Fsp3) is 0.526. The van der Waals surface area contributed by atoms with Crippen molar-refractivity contribution >= 4 is 23.6 Å². The van der Waals surface area contributed by atoms with E-state index in [4.69, 9.17) is 4.74 Å². The number of nitrogens with zero attached hydrogens (tertiary/aromatic N) is 1. The van der Waals surface area contributed by atoms with Crippen molar-refractivity contribution in [3.63, 3.8) is 0 Å². The van der Waals surface area contributed by atoms with E-state index in [2.05, 4.69) is 10.6 Å². The summed E-state index contributed by atoms with van der Waals surface area (Å²) < 4.78 is 5.36. The second kappa shape index (κ2) is 8.21. The Bertz CT molecular complexity index is 656. The standard InChI is InChI=1S/C19H27N3O4/c1-19(2,3)26-18(25)22-11-9-14(10-12-22)17(24)21-15-7-5-13(6-8-15)16(23)20-4/h5-8,14H,9-12H2,1-4H3,(H,20,23)(H,21,24). The van der Waals surface area contributed by atoms with Gasteiger partial charge in [0, 0.05) is 37.3 Å². The summed E-state index contributed by atoms with van der Waals surface area (Å²) in [7, 11) is 1.57. The predicted molar refractivity (Wildman–Crippen MR) is 99.0 cm³/mol. The zero-order valence-corrected chi connectivity index (χ0v) is 15.8. The molecule has 0 bridgehead atoms. The first-order valence-electron chi connectivity index (χ1n) is 8.80. The Hall–Kier alpha value is -2.57. The Morgan fingerprint density at radius 1 is 1.08 bits per heavy atom. The van der Waals surface area contributed by atoms with Gasteiger partial charge in [0.1, 0.15) is 5.60 Å². The van der Waals surface area contributed by atoms with Crippen molar-refractivity contribution in [2.24, 2.45) is 5.92 Å². The number of hydrogen-bond donors (Lipinski definition) is 2. The number of carbonyl (C=O) groups is 3. The van der Waals surface area contributed by atoms with Crippen molar-refractivity contribution < 1.29 is 19.1 Å². The van der Waals surface area contributed by atoms with E-state index in [1.54, 1.807) is 36.2 Å². The number of amides is 3. The maximum atomic E-state index is 12.4. The highest BCUT2D eigenvalue weighted by atomic mass is 16.6. The lowest BCUT2D eigenvalue weighted by Crippen LogP contribution is -2.43. The van der Waals surface area contributed by atoms with Gasteiger partial charge in [-0.3, -0.25) is 9.59 Å². The van der Waals surface area contributed by atoms with Crippen molar-refractivity contribution in [1.29, 1.82) is 0 Å². The summed E-state index contributed by atoms with van der Waals surface area (Å²) in [5.41, 5.74) is 0.667. The van der Waals surface area contributed by atoms with Crippen molar-refractivity contribution in [1.82, 2.24) is 10.2 Å². The molecule has 0 atom stereocenters. The summed E-state index contributed by atoms with van der Waals surface area (Å²) in [6.45, 7) is 6.51. The molecule has 0 spiro atoms. The minimum absolute atomic E-state index is 0.0680. The maximum absolute atomic E-state index is 12.4. The first-order valence-corrected chi connectivity index (χ1v) is 8.80. The molecule has 0 aliphatic carbocycles. The topological polar surface area (TPSA) is 87.7 Å². The van der Waals surface area contributed by atoms with Crippen molar-refractivity contribution in [2.45, 2.75) is 39.2 Å². The number of piperidine rings is 1. The van der Waals surface area contributed by atoms with Gasteiger partial charge in [-0.1, -0.05) is 0 Å². The molecule has 7 nitrogen and oxygen atoms in total. The highest BCUT2D eigenvalue weighted by Gasteiger charge is 2.29. The average molecular weight is 361 g/mol. The zero-order valence-electron chi connectivity index (χ0n) is 15.8. The lowest BCUT2D eigenvalue weighted by atomic mass is 9.96. The van der Waals surface area contributed by atoms with Gasteiger partial charge in [-0.15, -0.1) is 0 Å². The molecule has 1 aliphatic heterocycles. The van der Waals surface area contributed by atoms with Crippen LogP contribution in [0.2, 0.25) is 0 Å². The maximum Gasteiger partial charge on any atom is 0.410 e. The highest BCUT2D eigenvalue weighted by molar-refractivity contribution is 5.96. The van der Waals surface area contributed by atoms with Crippen molar-refractivity contribution in [2.75, 3.05) is 25.5 Å².